The van der Waals surface area contributed by atoms with Crippen molar-refractivity contribution in [2.24, 2.45) is 11.8 Å². The van der Waals surface area contributed by atoms with Gasteiger partial charge in [0.05, 0.1) is 14.2 Å². The van der Waals surface area contributed by atoms with Crippen LogP contribution in [0.15, 0.2) is 48.6 Å². The van der Waals surface area contributed by atoms with Crippen LogP contribution in [0.5, 0.6) is 11.5 Å². The van der Waals surface area contributed by atoms with Gasteiger partial charge < -0.3 is 9.47 Å². The van der Waals surface area contributed by atoms with Crippen LogP contribution < -0.4 is 9.47 Å². The Bertz CT molecular complexity index is 801. The van der Waals surface area contributed by atoms with E-state index in [1.54, 1.807) is 14.2 Å². The smallest absolute Gasteiger partial charge is 0.166 e. The minimum atomic E-state index is 0.0972. The predicted octanol–water partition coefficient (Wildman–Crippen LogP) is 4.85. The van der Waals surface area contributed by atoms with E-state index in [9.17, 15) is 4.79 Å². The largest absolute Gasteiger partial charge is 0.493 e. The third kappa shape index (κ3) is 4.99. The molecule has 1 aliphatic heterocycles. The fourth-order valence-corrected chi connectivity index (χ4v) is 4.56. The second-order valence-corrected chi connectivity index (χ2v) is 8.04. The number of likely N-dealkylation sites (tertiary alicyclic amines) is 1. The van der Waals surface area contributed by atoms with Crippen molar-refractivity contribution >= 4 is 5.78 Å². The van der Waals surface area contributed by atoms with E-state index in [4.69, 9.17) is 9.47 Å². The summed E-state index contributed by atoms with van der Waals surface area (Å²) in [5, 5.41) is 0. The number of nitrogens with zero attached hydrogens (tertiary/aromatic N) is 1. The van der Waals surface area contributed by atoms with E-state index >= 15 is 0 Å². The summed E-state index contributed by atoms with van der Waals surface area (Å²) in [6.07, 6.45) is 12.2. The first kappa shape index (κ1) is 21.4. The fraction of sp³-hybridized carbons (Fsp3) is 0.480. The van der Waals surface area contributed by atoms with Crippen molar-refractivity contribution in [1.29, 1.82) is 0 Å². The van der Waals surface area contributed by atoms with E-state index in [1.165, 1.54) is 5.57 Å². The number of methoxy groups -OCH3 is 2. The highest BCUT2D eigenvalue weighted by Crippen LogP contribution is 2.39. The van der Waals surface area contributed by atoms with E-state index < -0.39 is 0 Å². The molecule has 0 saturated carbocycles. The van der Waals surface area contributed by atoms with Crippen LogP contribution in [0.2, 0.25) is 0 Å². The average Bonchev–Trinajstić information content (AvgIpc) is 3.05. The van der Waals surface area contributed by atoms with Crippen molar-refractivity contribution in [3.63, 3.8) is 0 Å². The van der Waals surface area contributed by atoms with Crippen LogP contribution in [-0.4, -0.2) is 44.5 Å². The van der Waals surface area contributed by atoms with E-state index in [0.717, 1.165) is 56.4 Å². The lowest BCUT2D eigenvalue weighted by Crippen LogP contribution is -2.35. The van der Waals surface area contributed by atoms with E-state index in [0.29, 0.717) is 17.4 Å². The molecule has 1 fully saturated rings. The van der Waals surface area contributed by atoms with Gasteiger partial charge in [-0.05, 0) is 74.9 Å². The van der Waals surface area contributed by atoms with E-state index in [-0.39, 0.29) is 11.7 Å². The van der Waals surface area contributed by atoms with Gasteiger partial charge in [0.2, 0.25) is 0 Å². The molecule has 1 atom stereocenters. The summed E-state index contributed by atoms with van der Waals surface area (Å²) in [6, 6.07) is 3.83. The van der Waals surface area contributed by atoms with Gasteiger partial charge in [-0.2, -0.15) is 0 Å². The molecule has 1 aromatic rings. The third-order valence-corrected chi connectivity index (χ3v) is 6.26. The molecule has 1 aliphatic carbocycles. The monoisotopic (exact) mass is 395 g/mol. The van der Waals surface area contributed by atoms with Crippen molar-refractivity contribution in [1.82, 2.24) is 4.90 Å². The van der Waals surface area contributed by atoms with Crippen molar-refractivity contribution in [2.45, 2.75) is 32.6 Å². The number of ether oxygens (including phenoxy) is 2. The van der Waals surface area contributed by atoms with Gasteiger partial charge in [-0.3, -0.25) is 9.69 Å². The molecule has 1 saturated heterocycles. The van der Waals surface area contributed by atoms with Crippen LogP contribution in [0.4, 0.5) is 0 Å². The molecule has 1 unspecified atom stereocenters. The molecule has 0 aromatic heterocycles. The molecule has 4 nitrogen and oxygen atoms in total. The number of hydrogen-bond donors (Lipinski definition) is 0. The lowest BCUT2D eigenvalue weighted by atomic mass is 9.85. The third-order valence-electron chi connectivity index (χ3n) is 6.26. The molecular formula is C25H33NO3. The van der Waals surface area contributed by atoms with Crippen LogP contribution in [0.25, 0.3) is 0 Å². The Hall–Kier alpha value is -2.33. The first-order chi connectivity index (χ1) is 14.1. The van der Waals surface area contributed by atoms with Crippen LogP contribution in [-0.2, 0) is 6.42 Å². The van der Waals surface area contributed by atoms with Gasteiger partial charge in [0.15, 0.2) is 17.3 Å². The number of ketones is 1. The Kier molecular flexibility index (Phi) is 7.32. The first-order valence-electron chi connectivity index (χ1n) is 10.5. The quantitative estimate of drug-likeness (QED) is 0.590. The summed E-state index contributed by atoms with van der Waals surface area (Å²) in [5.41, 5.74) is 3.24. The summed E-state index contributed by atoms with van der Waals surface area (Å²) in [7, 11) is 3.25. The Morgan fingerprint density at radius 1 is 1.21 bits per heavy atom. The van der Waals surface area contributed by atoms with Gasteiger partial charge in [-0.15, -0.1) is 0 Å². The number of benzene rings is 1. The van der Waals surface area contributed by atoms with Gasteiger partial charge in [0.25, 0.3) is 0 Å². The predicted molar refractivity (Wildman–Crippen MR) is 118 cm³/mol. The van der Waals surface area contributed by atoms with Crippen LogP contribution in [0.1, 0.15) is 42.1 Å². The van der Waals surface area contributed by atoms with Crippen LogP contribution >= 0.6 is 0 Å². The lowest BCUT2D eigenvalue weighted by molar-refractivity contribution is 0.0900. The Balaban J connectivity index is 1.55. The molecule has 0 radical (unpaired) electrons. The number of hydrogen-bond acceptors (Lipinski definition) is 4. The lowest BCUT2D eigenvalue weighted by Gasteiger charge is -2.33. The van der Waals surface area contributed by atoms with Gasteiger partial charge in [0, 0.05) is 18.0 Å². The summed E-state index contributed by atoms with van der Waals surface area (Å²) < 4.78 is 10.8. The second-order valence-electron chi connectivity index (χ2n) is 8.04. The molecular weight excluding hydrogens is 362 g/mol. The van der Waals surface area contributed by atoms with Crippen LogP contribution in [0, 0.1) is 11.8 Å². The maximum atomic E-state index is 13.0. The SMILES string of the molecule is C=C/C=C\C(=C/C)CN1CCC(CC2Cc3cc(OC)c(OC)cc3C2=O)CC1. The number of allylic oxidation sites excluding steroid dienone is 3. The summed E-state index contributed by atoms with van der Waals surface area (Å²) in [6.45, 7) is 9.01. The topological polar surface area (TPSA) is 38.8 Å². The maximum Gasteiger partial charge on any atom is 0.166 e. The fourth-order valence-electron chi connectivity index (χ4n) is 4.56. The zero-order valence-electron chi connectivity index (χ0n) is 17.9. The molecule has 0 N–H and O–H groups in total. The van der Waals surface area contributed by atoms with Crippen molar-refractivity contribution in [3.8, 4) is 11.5 Å². The minimum absolute atomic E-state index is 0.0972. The number of fused-ring (bicyclic) bond motifs is 1. The zero-order chi connectivity index (χ0) is 20.8. The highest BCUT2D eigenvalue weighted by molar-refractivity contribution is 6.02. The number of carbonyl (C=O) groups excluding carboxylic acids is 1. The molecule has 29 heavy (non-hydrogen) atoms. The second kappa shape index (κ2) is 9.93. The Morgan fingerprint density at radius 3 is 2.52 bits per heavy atom. The molecule has 2 aliphatic rings. The van der Waals surface area contributed by atoms with Gasteiger partial charge in [-0.1, -0.05) is 30.9 Å². The summed E-state index contributed by atoms with van der Waals surface area (Å²) >= 11 is 0. The molecule has 0 bridgehead atoms. The highest BCUT2D eigenvalue weighted by Gasteiger charge is 2.34. The Morgan fingerprint density at radius 2 is 1.90 bits per heavy atom. The molecule has 1 heterocycles. The minimum Gasteiger partial charge on any atom is -0.493 e. The molecule has 4 heteroatoms. The van der Waals surface area contributed by atoms with Gasteiger partial charge in [0.1, 0.15) is 0 Å². The number of piperidine rings is 1. The van der Waals surface area contributed by atoms with Gasteiger partial charge in [-0.25, -0.2) is 0 Å². The average molecular weight is 396 g/mol. The first-order valence-corrected chi connectivity index (χ1v) is 10.5. The van der Waals surface area contributed by atoms with Crippen molar-refractivity contribution < 1.29 is 14.3 Å². The summed E-state index contributed by atoms with van der Waals surface area (Å²) in [5.74, 6) is 2.34. The number of Topliss-reactive ketones (excluding diaryl/α,β-unsaturated/α-hetero) is 1. The molecule has 0 spiro atoms. The molecule has 3 rings (SSSR count). The van der Waals surface area contributed by atoms with Crippen molar-refractivity contribution in [2.75, 3.05) is 33.9 Å². The number of rotatable bonds is 8. The standard InChI is InChI=1S/C25H33NO3/c1-5-7-8-18(6-2)17-26-11-9-19(10-12-26)13-21-14-20-15-23(28-3)24(29-4)16-22(20)25(21)27/h5-8,15-16,19,21H,1,9-14,17H2,2-4H3/b8-7-,18-6+. The normalized spacial score (nSPS) is 20.9. The molecule has 1 aromatic carbocycles. The molecule has 0 amide bonds. The highest BCUT2D eigenvalue weighted by atomic mass is 16.5. The summed E-state index contributed by atoms with van der Waals surface area (Å²) in [4.78, 5) is 15.5. The van der Waals surface area contributed by atoms with Gasteiger partial charge >= 0.3 is 0 Å². The van der Waals surface area contributed by atoms with E-state index in [2.05, 4.69) is 30.6 Å². The number of carbonyl (C=O) groups is 1. The zero-order valence-corrected chi connectivity index (χ0v) is 17.9. The van der Waals surface area contributed by atoms with Crippen molar-refractivity contribution in [3.05, 3.63) is 59.7 Å². The van der Waals surface area contributed by atoms with Crippen LogP contribution in [0.3, 0.4) is 0 Å². The maximum absolute atomic E-state index is 13.0. The van der Waals surface area contributed by atoms with E-state index in [1.807, 2.05) is 24.3 Å². The molecule has 156 valence electrons. The Labute approximate surface area is 174 Å².